The summed E-state index contributed by atoms with van der Waals surface area (Å²) >= 11 is 0. The summed E-state index contributed by atoms with van der Waals surface area (Å²) in [6.45, 7) is 0. The summed E-state index contributed by atoms with van der Waals surface area (Å²) in [5.74, 6) is -0.342. The van der Waals surface area contributed by atoms with Gasteiger partial charge in [-0.1, -0.05) is 24.3 Å². The van der Waals surface area contributed by atoms with Gasteiger partial charge in [-0.05, 0) is 29.8 Å². The number of aromatic nitrogens is 2. The third-order valence-electron chi connectivity index (χ3n) is 2.92. The lowest BCUT2D eigenvalue weighted by molar-refractivity contribution is 0.0950. The number of hydrogen-bond donors (Lipinski definition) is 1. The number of hydrogen-bond acceptors (Lipinski definition) is 4. The van der Waals surface area contributed by atoms with Gasteiger partial charge in [-0.2, -0.15) is 5.10 Å². The van der Waals surface area contributed by atoms with E-state index >= 15 is 0 Å². The molecule has 0 fully saturated rings. The minimum Gasteiger partial charge on any atom is -0.266 e. The predicted molar refractivity (Wildman–Crippen MR) is 81.0 cm³/mol. The minimum absolute atomic E-state index is 0.334. The van der Waals surface area contributed by atoms with Crippen LogP contribution in [0.25, 0.3) is 10.9 Å². The average molecular weight is 276 g/mol. The van der Waals surface area contributed by atoms with Crippen LogP contribution in [0.3, 0.4) is 0 Å². The van der Waals surface area contributed by atoms with E-state index in [-0.39, 0.29) is 5.91 Å². The highest BCUT2D eigenvalue weighted by molar-refractivity contribution is 5.95. The van der Waals surface area contributed by atoms with E-state index in [0.29, 0.717) is 5.69 Å². The van der Waals surface area contributed by atoms with Crippen LogP contribution >= 0.6 is 0 Å². The van der Waals surface area contributed by atoms with E-state index < -0.39 is 0 Å². The minimum atomic E-state index is -0.342. The quantitative estimate of drug-likeness (QED) is 0.590. The third-order valence-corrected chi connectivity index (χ3v) is 2.92. The van der Waals surface area contributed by atoms with Crippen molar-refractivity contribution in [3.63, 3.8) is 0 Å². The molecule has 0 bridgehead atoms. The first-order chi connectivity index (χ1) is 10.3. The first-order valence-corrected chi connectivity index (χ1v) is 6.42. The molecular weight excluding hydrogens is 264 g/mol. The molecule has 3 rings (SSSR count). The number of pyridine rings is 2. The molecule has 0 aliphatic rings. The highest BCUT2D eigenvalue weighted by Gasteiger charge is 2.06. The van der Waals surface area contributed by atoms with Crippen molar-refractivity contribution in [1.29, 1.82) is 0 Å². The van der Waals surface area contributed by atoms with E-state index in [1.54, 1.807) is 36.8 Å². The Bertz CT molecular complexity index is 799. The second kappa shape index (κ2) is 5.92. The molecule has 0 saturated heterocycles. The van der Waals surface area contributed by atoms with Gasteiger partial charge >= 0.3 is 0 Å². The molecule has 1 aromatic carbocycles. The molecule has 0 saturated carbocycles. The van der Waals surface area contributed by atoms with Crippen LogP contribution in [-0.2, 0) is 0 Å². The molecule has 0 unspecified atom stereocenters. The Morgan fingerprint density at radius 1 is 1.05 bits per heavy atom. The molecule has 5 nitrogen and oxygen atoms in total. The lowest BCUT2D eigenvalue weighted by Gasteiger charge is -2.01. The Morgan fingerprint density at radius 3 is 2.71 bits per heavy atom. The summed E-state index contributed by atoms with van der Waals surface area (Å²) in [4.78, 5) is 20.2. The maximum absolute atomic E-state index is 12.0. The molecule has 0 atom stereocenters. The number of amides is 1. The molecule has 3 aromatic rings. The van der Waals surface area contributed by atoms with Gasteiger partial charge in [0.15, 0.2) is 0 Å². The van der Waals surface area contributed by atoms with Crippen molar-refractivity contribution in [2.45, 2.75) is 0 Å². The van der Waals surface area contributed by atoms with E-state index in [1.807, 2.05) is 30.3 Å². The lowest BCUT2D eigenvalue weighted by Crippen LogP contribution is -2.18. The lowest BCUT2D eigenvalue weighted by atomic mass is 10.2. The van der Waals surface area contributed by atoms with Crippen LogP contribution in [0, 0.1) is 0 Å². The van der Waals surface area contributed by atoms with Crippen LogP contribution < -0.4 is 5.43 Å². The molecule has 2 heterocycles. The fourth-order valence-corrected chi connectivity index (χ4v) is 1.86. The van der Waals surface area contributed by atoms with Gasteiger partial charge in [0.1, 0.15) is 5.69 Å². The Hall–Kier alpha value is -3.08. The predicted octanol–water partition coefficient (Wildman–Crippen LogP) is 2.39. The van der Waals surface area contributed by atoms with Crippen molar-refractivity contribution >= 4 is 23.0 Å². The van der Waals surface area contributed by atoms with E-state index in [0.717, 1.165) is 16.5 Å². The SMILES string of the molecule is O=C(N/N=C\c1ccncc1)c1ccc2ccccc2n1. The van der Waals surface area contributed by atoms with E-state index in [4.69, 9.17) is 0 Å². The smallest absolute Gasteiger partial charge is 0.266 e. The van der Waals surface area contributed by atoms with Crippen LogP contribution in [0.15, 0.2) is 66.0 Å². The van der Waals surface area contributed by atoms with Crippen molar-refractivity contribution < 1.29 is 4.79 Å². The van der Waals surface area contributed by atoms with Crippen LogP contribution in [0.4, 0.5) is 0 Å². The number of nitrogens with zero attached hydrogens (tertiary/aromatic N) is 3. The normalized spacial score (nSPS) is 10.9. The number of hydrazone groups is 1. The number of para-hydroxylation sites is 1. The fourth-order valence-electron chi connectivity index (χ4n) is 1.86. The molecule has 2 aromatic heterocycles. The van der Waals surface area contributed by atoms with Crippen molar-refractivity contribution in [3.8, 4) is 0 Å². The van der Waals surface area contributed by atoms with E-state index in [9.17, 15) is 4.79 Å². The van der Waals surface area contributed by atoms with Gasteiger partial charge in [-0.25, -0.2) is 10.4 Å². The zero-order valence-electron chi connectivity index (χ0n) is 11.1. The summed E-state index contributed by atoms with van der Waals surface area (Å²) in [6, 6.07) is 14.8. The van der Waals surface area contributed by atoms with E-state index in [1.165, 1.54) is 0 Å². The second-order valence-corrected chi connectivity index (χ2v) is 4.37. The van der Waals surface area contributed by atoms with Gasteiger partial charge in [-0.3, -0.25) is 9.78 Å². The van der Waals surface area contributed by atoms with Gasteiger partial charge in [0.25, 0.3) is 5.91 Å². The maximum Gasteiger partial charge on any atom is 0.289 e. The highest BCUT2D eigenvalue weighted by atomic mass is 16.2. The van der Waals surface area contributed by atoms with Crippen LogP contribution in [-0.4, -0.2) is 22.1 Å². The molecule has 1 N–H and O–H groups in total. The van der Waals surface area contributed by atoms with Gasteiger partial charge in [0, 0.05) is 17.8 Å². The summed E-state index contributed by atoms with van der Waals surface area (Å²) < 4.78 is 0. The van der Waals surface area contributed by atoms with Gasteiger partial charge in [0.05, 0.1) is 11.7 Å². The Labute approximate surface area is 121 Å². The van der Waals surface area contributed by atoms with Crippen molar-refractivity contribution in [2.75, 3.05) is 0 Å². The maximum atomic E-state index is 12.0. The largest absolute Gasteiger partial charge is 0.289 e. The van der Waals surface area contributed by atoms with Crippen LogP contribution in [0.2, 0.25) is 0 Å². The second-order valence-electron chi connectivity index (χ2n) is 4.37. The number of nitrogens with one attached hydrogen (secondary N) is 1. The van der Waals surface area contributed by atoms with E-state index in [2.05, 4.69) is 20.5 Å². The van der Waals surface area contributed by atoms with Crippen LogP contribution in [0.1, 0.15) is 16.1 Å². The van der Waals surface area contributed by atoms with Crippen molar-refractivity contribution in [3.05, 3.63) is 72.2 Å². The molecular formula is C16H12N4O. The van der Waals surface area contributed by atoms with Crippen LogP contribution in [0.5, 0.6) is 0 Å². The first kappa shape index (κ1) is 12.9. The van der Waals surface area contributed by atoms with Gasteiger partial charge < -0.3 is 0 Å². The third kappa shape index (κ3) is 3.09. The molecule has 102 valence electrons. The Kier molecular flexibility index (Phi) is 3.64. The van der Waals surface area contributed by atoms with Crippen molar-refractivity contribution in [1.82, 2.24) is 15.4 Å². The Morgan fingerprint density at radius 2 is 1.86 bits per heavy atom. The molecule has 0 spiro atoms. The number of rotatable bonds is 3. The molecule has 0 aliphatic carbocycles. The molecule has 0 aliphatic heterocycles. The number of carbonyl (C=O) groups excluding carboxylic acids is 1. The topological polar surface area (TPSA) is 67.2 Å². The zero-order valence-corrected chi connectivity index (χ0v) is 11.1. The molecule has 5 heteroatoms. The molecule has 1 amide bonds. The first-order valence-electron chi connectivity index (χ1n) is 6.42. The summed E-state index contributed by atoms with van der Waals surface area (Å²) in [7, 11) is 0. The fraction of sp³-hybridized carbons (Fsp3) is 0. The number of benzene rings is 1. The summed E-state index contributed by atoms with van der Waals surface area (Å²) in [6.07, 6.45) is 4.88. The van der Waals surface area contributed by atoms with Gasteiger partial charge in [-0.15, -0.1) is 0 Å². The summed E-state index contributed by atoms with van der Waals surface area (Å²) in [5.41, 5.74) is 4.43. The zero-order chi connectivity index (χ0) is 14.5. The molecule has 21 heavy (non-hydrogen) atoms. The highest BCUT2D eigenvalue weighted by Crippen LogP contribution is 2.11. The average Bonchev–Trinajstić information content (AvgIpc) is 2.55. The number of fused-ring (bicyclic) bond motifs is 1. The number of carbonyl (C=O) groups is 1. The Balaban J connectivity index is 1.73. The molecule has 0 radical (unpaired) electrons. The van der Waals surface area contributed by atoms with Crippen molar-refractivity contribution in [2.24, 2.45) is 5.10 Å². The monoisotopic (exact) mass is 276 g/mol. The summed E-state index contributed by atoms with van der Waals surface area (Å²) in [5, 5.41) is 4.90. The van der Waals surface area contributed by atoms with Gasteiger partial charge in [0.2, 0.25) is 0 Å². The standard InChI is InChI=1S/C16H12N4O/c21-16(20-18-11-12-7-9-17-10-8-12)15-6-5-13-3-1-2-4-14(13)19-15/h1-11H,(H,20,21)/b18-11-.